The number of hydrogen-bond donors (Lipinski definition) is 3. The maximum atomic E-state index is 12.0. The number of urea groups is 1. The van der Waals surface area contributed by atoms with E-state index in [1.54, 1.807) is 18.5 Å². The first-order valence-electron chi connectivity index (χ1n) is 6.89. The molecule has 1 fully saturated rings. The van der Waals surface area contributed by atoms with Gasteiger partial charge >= 0.3 is 12.0 Å². The van der Waals surface area contributed by atoms with Gasteiger partial charge in [0.1, 0.15) is 0 Å². The van der Waals surface area contributed by atoms with Gasteiger partial charge in [-0.05, 0) is 25.3 Å². The summed E-state index contributed by atoms with van der Waals surface area (Å²) in [5, 5.41) is 14.6. The second-order valence-corrected chi connectivity index (χ2v) is 5.43. The number of nitrogens with one attached hydrogen (secondary N) is 2. The van der Waals surface area contributed by atoms with Gasteiger partial charge in [-0.15, -0.1) is 0 Å². The van der Waals surface area contributed by atoms with E-state index in [0.29, 0.717) is 24.9 Å². The lowest BCUT2D eigenvalue weighted by Gasteiger charge is -2.18. The van der Waals surface area contributed by atoms with E-state index in [-0.39, 0.29) is 18.0 Å². The highest BCUT2D eigenvalue weighted by Crippen LogP contribution is 2.26. The molecule has 2 rings (SSSR count). The van der Waals surface area contributed by atoms with Crippen LogP contribution in [0, 0.1) is 5.92 Å². The molecule has 0 radical (unpaired) electrons. The Hall–Kier alpha value is -2.31. The maximum Gasteiger partial charge on any atom is 0.319 e. The van der Waals surface area contributed by atoms with E-state index < -0.39 is 5.97 Å². The fraction of sp³-hybridized carbons (Fsp3) is 0.500. The highest BCUT2D eigenvalue weighted by atomic mass is 16.4. The summed E-state index contributed by atoms with van der Waals surface area (Å²) < 4.78 is 0. The molecule has 7 nitrogen and oxygen atoms in total. The van der Waals surface area contributed by atoms with Crippen molar-refractivity contribution >= 4 is 23.4 Å². The second kappa shape index (κ2) is 6.43. The average molecular weight is 292 g/mol. The molecule has 0 unspecified atom stereocenters. The highest BCUT2D eigenvalue weighted by Gasteiger charge is 2.30. The molecule has 0 bridgehead atoms. The Morgan fingerprint density at radius 3 is 2.76 bits per heavy atom. The van der Waals surface area contributed by atoms with E-state index in [0.717, 1.165) is 5.69 Å². The van der Waals surface area contributed by atoms with Gasteiger partial charge in [0.2, 0.25) is 0 Å². The Kier molecular flexibility index (Phi) is 4.62. The standard InChI is InChI=1S/C14H20N4O3/c1-18(2)12-8-15-6-5-11(12)17-14(21)16-10-4-3-9(7-10)13(19)20/h5-6,8-10H,3-4,7H2,1-2H3,(H,19,20)(H2,15,16,17,21)/t9-,10+/m0/s1. The number of carbonyl (C=O) groups is 2. The van der Waals surface area contributed by atoms with Crippen molar-refractivity contribution in [1.82, 2.24) is 10.3 Å². The number of carboxylic acids is 1. The maximum absolute atomic E-state index is 12.0. The number of carboxylic acid groups (broad SMARTS) is 1. The first-order chi connectivity index (χ1) is 9.97. The smallest absolute Gasteiger partial charge is 0.319 e. The van der Waals surface area contributed by atoms with Crippen molar-refractivity contribution in [1.29, 1.82) is 0 Å². The van der Waals surface area contributed by atoms with Crippen LogP contribution in [-0.4, -0.2) is 42.2 Å². The Balaban J connectivity index is 1.93. The summed E-state index contributed by atoms with van der Waals surface area (Å²) in [7, 11) is 3.74. The lowest BCUT2D eigenvalue weighted by molar-refractivity contribution is -0.141. The first kappa shape index (κ1) is 15.1. The number of rotatable bonds is 4. The number of pyridine rings is 1. The van der Waals surface area contributed by atoms with E-state index in [2.05, 4.69) is 15.6 Å². The third kappa shape index (κ3) is 3.84. The molecule has 3 N–H and O–H groups in total. The molecule has 0 saturated heterocycles. The summed E-state index contributed by atoms with van der Waals surface area (Å²) in [5.41, 5.74) is 1.47. The molecule has 0 aromatic carbocycles. The molecule has 7 heteroatoms. The van der Waals surface area contributed by atoms with Crippen LogP contribution in [-0.2, 0) is 4.79 Å². The lowest BCUT2D eigenvalue weighted by atomic mass is 10.1. The zero-order valence-corrected chi connectivity index (χ0v) is 12.2. The number of aliphatic carboxylic acids is 1. The van der Waals surface area contributed by atoms with Crippen LogP contribution < -0.4 is 15.5 Å². The Bertz CT molecular complexity index is 533. The molecule has 2 atom stereocenters. The van der Waals surface area contributed by atoms with E-state index in [1.165, 1.54) is 0 Å². The monoisotopic (exact) mass is 292 g/mol. The summed E-state index contributed by atoms with van der Waals surface area (Å²) in [5.74, 6) is -1.14. The van der Waals surface area contributed by atoms with Crippen molar-refractivity contribution in [3.8, 4) is 0 Å². The van der Waals surface area contributed by atoms with Crippen LogP contribution in [0.4, 0.5) is 16.2 Å². The number of aromatic nitrogens is 1. The van der Waals surface area contributed by atoms with E-state index in [9.17, 15) is 9.59 Å². The molecule has 2 amide bonds. The van der Waals surface area contributed by atoms with Crippen LogP contribution in [0.1, 0.15) is 19.3 Å². The van der Waals surface area contributed by atoms with Crippen molar-refractivity contribution < 1.29 is 14.7 Å². The predicted octanol–water partition coefficient (Wildman–Crippen LogP) is 1.52. The van der Waals surface area contributed by atoms with Crippen molar-refractivity contribution in [2.45, 2.75) is 25.3 Å². The minimum Gasteiger partial charge on any atom is -0.481 e. The highest BCUT2D eigenvalue weighted by molar-refractivity contribution is 5.93. The first-order valence-corrected chi connectivity index (χ1v) is 6.89. The molecule has 1 aromatic heterocycles. The topological polar surface area (TPSA) is 94.6 Å². The van der Waals surface area contributed by atoms with E-state index in [1.807, 2.05) is 19.0 Å². The van der Waals surface area contributed by atoms with E-state index >= 15 is 0 Å². The van der Waals surface area contributed by atoms with Crippen molar-refractivity contribution in [3.05, 3.63) is 18.5 Å². The largest absolute Gasteiger partial charge is 0.481 e. The van der Waals surface area contributed by atoms with Crippen LogP contribution in [0.3, 0.4) is 0 Å². The van der Waals surface area contributed by atoms with Gasteiger partial charge in [0, 0.05) is 26.3 Å². The number of amides is 2. The second-order valence-electron chi connectivity index (χ2n) is 5.43. The van der Waals surface area contributed by atoms with Crippen molar-refractivity contribution in [3.63, 3.8) is 0 Å². The van der Waals surface area contributed by atoms with Crippen LogP contribution >= 0.6 is 0 Å². The normalized spacial score (nSPS) is 20.9. The minimum absolute atomic E-state index is 0.0873. The van der Waals surface area contributed by atoms with Crippen molar-refractivity contribution in [2.24, 2.45) is 5.92 Å². The quantitative estimate of drug-likeness (QED) is 0.782. The van der Waals surface area contributed by atoms with Gasteiger partial charge < -0.3 is 20.6 Å². The Morgan fingerprint density at radius 2 is 2.14 bits per heavy atom. The summed E-state index contributed by atoms with van der Waals surface area (Å²) in [6.45, 7) is 0. The molecule has 1 aliphatic carbocycles. The number of nitrogens with zero attached hydrogens (tertiary/aromatic N) is 2. The number of carbonyl (C=O) groups excluding carboxylic acids is 1. The molecular weight excluding hydrogens is 272 g/mol. The van der Waals surface area contributed by atoms with Gasteiger partial charge in [0.15, 0.2) is 0 Å². The van der Waals surface area contributed by atoms with Crippen molar-refractivity contribution in [2.75, 3.05) is 24.3 Å². The third-order valence-corrected chi connectivity index (χ3v) is 3.65. The fourth-order valence-corrected chi connectivity index (χ4v) is 2.53. The van der Waals surface area contributed by atoms with Gasteiger partial charge in [-0.25, -0.2) is 4.79 Å². The molecule has 1 aliphatic rings. The van der Waals surface area contributed by atoms with Crippen LogP contribution in [0.2, 0.25) is 0 Å². The molecule has 1 heterocycles. The molecule has 1 aromatic rings. The van der Waals surface area contributed by atoms with Crippen LogP contribution in [0.25, 0.3) is 0 Å². The molecule has 0 aliphatic heterocycles. The summed E-state index contributed by atoms with van der Waals surface area (Å²) >= 11 is 0. The molecule has 0 spiro atoms. The fourth-order valence-electron chi connectivity index (χ4n) is 2.53. The minimum atomic E-state index is -0.788. The predicted molar refractivity (Wildman–Crippen MR) is 79.5 cm³/mol. The lowest BCUT2D eigenvalue weighted by Crippen LogP contribution is -2.37. The number of anilines is 2. The average Bonchev–Trinajstić information content (AvgIpc) is 2.87. The summed E-state index contributed by atoms with van der Waals surface area (Å²) in [6, 6.07) is 1.32. The van der Waals surface area contributed by atoms with Gasteiger partial charge in [-0.1, -0.05) is 0 Å². The van der Waals surface area contributed by atoms with Crippen LogP contribution in [0.15, 0.2) is 18.5 Å². The molecule has 1 saturated carbocycles. The SMILES string of the molecule is CN(C)c1cnccc1NC(=O)N[C@@H]1CC[C@H](C(=O)O)C1. The third-order valence-electron chi connectivity index (χ3n) is 3.65. The number of hydrogen-bond acceptors (Lipinski definition) is 4. The Labute approximate surface area is 123 Å². The molecular formula is C14H20N4O3. The van der Waals surface area contributed by atoms with Gasteiger partial charge in [-0.3, -0.25) is 9.78 Å². The van der Waals surface area contributed by atoms with Gasteiger partial charge in [0.05, 0.1) is 23.5 Å². The zero-order chi connectivity index (χ0) is 15.4. The molecule has 114 valence electrons. The zero-order valence-electron chi connectivity index (χ0n) is 12.2. The van der Waals surface area contributed by atoms with Crippen LogP contribution in [0.5, 0.6) is 0 Å². The van der Waals surface area contributed by atoms with E-state index in [4.69, 9.17) is 5.11 Å². The molecule has 21 heavy (non-hydrogen) atoms. The van der Waals surface area contributed by atoms with Gasteiger partial charge in [-0.2, -0.15) is 0 Å². The summed E-state index contributed by atoms with van der Waals surface area (Å²) in [6.07, 6.45) is 5.07. The Morgan fingerprint density at radius 1 is 1.38 bits per heavy atom. The van der Waals surface area contributed by atoms with Gasteiger partial charge in [0.25, 0.3) is 0 Å². The summed E-state index contributed by atoms with van der Waals surface area (Å²) in [4.78, 5) is 28.8.